The van der Waals surface area contributed by atoms with E-state index in [0.717, 1.165) is 18.5 Å². The normalized spacial score (nSPS) is 24.7. The molecule has 0 aromatic carbocycles. The minimum absolute atomic E-state index is 0.0305. The third-order valence-electron chi connectivity index (χ3n) is 4.86. The summed E-state index contributed by atoms with van der Waals surface area (Å²) in [6.45, 7) is 0.980. The minimum atomic E-state index is -3.69. The Morgan fingerprint density at radius 1 is 1.28 bits per heavy atom. The largest absolute Gasteiger partial charge is 0.339 e. The molecule has 1 amide bonds. The molecule has 3 saturated heterocycles. The molecule has 5 heterocycles. The van der Waals surface area contributed by atoms with Gasteiger partial charge in [0.2, 0.25) is 5.91 Å². The summed E-state index contributed by atoms with van der Waals surface area (Å²) < 4.78 is 28.9. The second-order valence-electron chi connectivity index (χ2n) is 6.57. The minimum Gasteiger partial charge on any atom is -0.339 e. The highest BCUT2D eigenvalue weighted by molar-refractivity contribution is 7.89. The summed E-state index contributed by atoms with van der Waals surface area (Å²) >= 11 is 1.49. The molecule has 0 aliphatic carbocycles. The Balaban J connectivity index is 1.61. The number of sulfonamides is 1. The first kappa shape index (κ1) is 16.7. The molecule has 2 atom stereocenters. The second-order valence-corrected chi connectivity index (χ2v) is 9.18. The van der Waals surface area contributed by atoms with E-state index >= 15 is 0 Å². The van der Waals surface area contributed by atoms with Crippen molar-refractivity contribution >= 4 is 27.3 Å². The van der Waals surface area contributed by atoms with Gasteiger partial charge in [0.05, 0.1) is 30.0 Å². The Labute approximate surface area is 150 Å². The van der Waals surface area contributed by atoms with E-state index in [1.165, 1.54) is 28.2 Å². The van der Waals surface area contributed by atoms with Crippen molar-refractivity contribution in [2.75, 3.05) is 13.1 Å². The zero-order valence-corrected chi connectivity index (χ0v) is 15.4. The van der Waals surface area contributed by atoms with Gasteiger partial charge in [-0.1, -0.05) is 0 Å². The number of aromatic nitrogens is 3. The molecule has 10 heteroatoms. The average Bonchev–Trinajstić information content (AvgIpc) is 3.16. The van der Waals surface area contributed by atoms with Gasteiger partial charge < -0.3 is 9.47 Å². The van der Waals surface area contributed by atoms with Gasteiger partial charge in [-0.3, -0.25) is 4.79 Å². The van der Waals surface area contributed by atoms with Crippen molar-refractivity contribution < 1.29 is 13.2 Å². The first-order valence-electron chi connectivity index (χ1n) is 8.11. The quantitative estimate of drug-likeness (QED) is 0.777. The predicted octanol–water partition coefficient (Wildman–Crippen LogP) is 0.688. The Morgan fingerprint density at radius 3 is 2.80 bits per heavy atom. The fourth-order valence-electron chi connectivity index (χ4n) is 3.55. The van der Waals surface area contributed by atoms with Crippen LogP contribution in [0.1, 0.15) is 18.5 Å². The van der Waals surface area contributed by atoms with Crippen LogP contribution in [0.5, 0.6) is 0 Å². The molecular formula is C15H19N5O3S2. The molecule has 0 N–H and O–H groups in total. The number of imidazole rings is 1. The summed E-state index contributed by atoms with van der Waals surface area (Å²) in [5, 5.41) is 1.96. The molecule has 0 radical (unpaired) electrons. The van der Waals surface area contributed by atoms with Crippen LogP contribution in [0.25, 0.3) is 0 Å². The van der Waals surface area contributed by atoms with Gasteiger partial charge in [0.25, 0.3) is 10.0 Å². The van der Waals surface area contributed by atoms with Crippen LogP contribution in [0, 0.1) is 5.92 Å². The van der Waals surface area contributed by atoms with Crippen LogP contribution in [-0.4, -0.2) is 57.2 Å². The van der Waals surface area contributed by atoms with Gasteiger partial charge in [-0.25, -0.2) is 18.4 Å². The van der Waals surface area contributed by atoms with Crippen molar-refractivity contribution in [1.82, 2.24) is 23.7 Å². The molecule has 2 aromatic rings. The molecule has 8 nitrogen and oxygen atoms in total. The lowest BCUT2D eigenvalue weighted by atomic mass is 9.94. The summed E-state index contributed by atoms with van der Waals surface area (Å²) in [6.07, 6.45) is 4.51. The van der Waals surface area contributed by atoms with Crippen molar-refractivity contribution in [3.63, 3.8) is 0 Å². The molecule has 3 aliphatic rings. The first-order chi connectivity index (χ1) is 11.9. The third kappa shape index (κ3) is 2.98. The average molecular weight is 381 g/mol. The third-order valence-corrected chi connectivity index (χ3v) is 7.21. The highest BCUT2D eigenvalue weighted by atomic mass is 32.2. The number of aryl methyl sites for hydroxylation is 1. The number of nitrogens with zero attached hydrogens (tertiary/aromatic N) is 5. The highest BCUT2D eigenvalue weighted by Gasteiger charge is 2.44. The molecule has 25 heavy (non-hydrogen) atoms. The lowest BCUT2D eigenvalue weighted by Gasteiger charge is -2.35. The van der Waals surface area contributed by atoms with Crippen molar-refractivity contribution in [2.45, 2.75) is 30.5 Å². The van der Waals surface area contributed by atoms with E-state index < -0.39 is 10.0 Å². The number of fused-ring (bicyclic) bond motifs is 4. The van der Waals surface area contributed by atoms with Gasteiger partial charge in [0, 0.05) is 37.8 Å². The number of hydrogen-bond donors (Lipinski definition) is 0. The van der Waals surface area contributed by atoms with Crippen LogP contribution in [0.2, 0.25) is 0 Å². The van der Waals surface area contributed by atoms with Crippen LogP contribution < -0.4 is 0 Å². The van der Waals surface area contributed by atoms with Gasteiger partial charge in [-0.2, -0.15) is 4.31 Å². The lowest BCUT2D eigenvalue weighted by Crippen LogP contribution is -2.47. The van der Waals surface area contributed by atoms with E-state index in [-0.39, 0.29) is 29.4 Å². The monoisotopic (exact) mass is 381 g/mol. The number of carbonyl (C=O) groups excluding carboxylic acids is 1. The fourth-order valence-corrected chi connectivity index (χ4v) is 5.59. The molecule has 0 spiro atoms. The number of thiazole rings is 1. The first-order valence-corrected chi connectivity index (χ1v) is 10.5. The summed E-state index contributed by atoms with van der Waals surface area (Å²) in [4.78, 5) is 22.9. The SMILES string of the molecule is Cn1cnc(S(=O)(=O)N2C[C@@H]3CC[C@H](C2)N(Cc2cscn2)C3=O)c1. The maximum absolute atomic E-state index is 12.9. The fraction of sp³-hybridized carbons (Fsp3) is 0.533. The molecule has 2 bridgehead atoms. The number of piperidine rings is 1. The van der Waals surface area contributed by atoms with E-state index in [0.29, 0.717) is 13.1 Å². The summed E-state index contributed by atoms with van der Waals surface area (Å²) in [5.74, 6) is -0.265. The van der Waals surface area contributed by atoms with Crippen molar-refractivity contribution in [2.24, 2.45) is 13.0 Å². The van der Waals surface area contributed by atoms with E-state index in [1.807, 2.05) is 5.38 Å². The maximum atomic E-state index is 12.9. The Morgan fingerprint density at radius 2 is 2.12 bits per heavy atom. The van der Waals surface area contributed by atoms with Crippen LogP contribution >= 0.6 is 11.3 Å². The topological polar surface area (TPSA) is 88.4 Å². The summed E-state index contributed by atoms with van der Waals surface area (Å²) in [7, 11) is -1.96. The Hall–Kier alpha value is -1.78. The van der Waals surface area contributed by atoms with Crippen LogP contribution in [0.3, 0.4) is 0 Å². The Bertz CT molecular complexity index is 877. The van der Waals surface area contributed by atoms with Crippen molar-refractivity contribution in [3.8, 4) is 0 Å². The lowest BCUT2D eigenvalue weighted by molar-refractivity contribution is -0.140. The van der Waals surface area contributed by atoms with Gasteiger partial charge in [-0.05, 0) is 12.8 Å². The van der Waals surface area contributed by atoms with E-state index in [2.05, 4.69) is 9.97 Å². The van der Waals surface area contributed by atoms with Crippen molar-refractivity contribution in [1.29, 1.82) is 0 Å². The van der Waals surface area contributed by atoms with Crippen LogP contribution in [0.15, 0.2) is 28.4 Å². The van der Waals surface area contributed by atoms with E-state index in [9.17, 15) is 13.2 Å². The number of carbonyl (C=O) groups is 1. The van der Waals surface area contributed by atoms with Gasteiger partial charge in [0.1, 0.15) is 0 Å². The van der Waals surface area contributed by atoms with Gasteiger partial charge in [-0.15, -0.1) is 11.3 Å². The molecule has 2 aromatic heterocycles. The highest BCUT2D eigenvalue weighted by Crippen LogP contribution is 2.32. The standard InChI is InChI=1S/C15H19N5O3S2/c1-18-7-14(16-9-18)25(22,23)19-4-11-2-3-13(6-19)20(15(11)21)5-12-8-24-10-17-12/h7-11,13H,2-6H2,1H3/t11-,13+/m0/s1. The number of amides is 1. The second kappa shape index (κ2) is 6.19. The molecular weight excluding hydrogens is 362 g/mol. The molecule has 134 valence electrons. The zero-order valence-electron chi connectivity index (χ0n) is 13.8. The molecule has 3 aliphatic heterocycles. The van der Waals surface area contributed by atoms with Gasteiger partial charge in [0.15, 0.2) is 5.03 Å². The van der Waals surface area contributed by atoms with E-state index in [4.69, 9.17) is 0 Å². The number of hydrogen-bond acceptors (Lipinski definition) is 6. The zero-order chi connectivity index (χ0) is 17.6. The van der Waals surface area contributed by atoms with Gasteiger partial charge >= 0.3 is 0 Å². The number of rotatable bonds is 4. The van der Waals surface area contributed by atoms with Crippen molar-refractivity contribution in [3.05, 3.63) is 29.1 Å². The maximum Gasteiger partial charge on any atom is 0.262 e. The predicted molar refractivity (Wildman–Crippen MR) is 91.1 cm³/mol. The smallest absolute Gasteiger partial charge is 0.262 e. The van der Waals surface area contributed by atoms with Crippen LogP contribution in [-0.2, 0) is 28.4 Å². The molecule has 5 rings (SSSR count). The van der Waals surface area contributed by atoms with Crippen LogP contribution in [0.4, 0.5) is 0 Å². The summed E-state index contributed by atoms with van der Waals surface area (Å²) in [6, 6.07) is -0.119. The molecule has 3 fully saturated rings. The molecule has 0 unspecified atom stereocenters. The van der Waals surface area contributed by atoms with E-state index in [1.54, 1.807) is 22.0 Å². The molecule has 0 saturated carbocycles. The summed E-state index contributed by atoms with van der Waals surface area (Å²) in [5.41, 5.74) is 2.60. The Kier molecular flexibility index (Phi) is 4.13.